The molecule has 2 N–H and O–H groups in total. The second-order valence-electron chi connectivity index (χ2n) is 6.10. The molecular weight excluding hydrogens is 360 g/mol. The third-order valence-electron chi connectivity index (χ3n) is 4.04. The van der Waals surface area contributed by atoms with E-state index in [0.717, 1.165) is 10.4 Å². The summed E-state index contributed by atoms with van der Waals surface area (Å²) in [6, 6.07) is 14.5. The van der Waals surface area contributed by atoms with Crippen molar-refractivity contribution in [1.29, 1.82) is 0 Å². The van der Waals surface area contributed by atoms with E-state index in [1.165, 1.54) is 6.08 Å². The van der Waals surface area contributed by atoms with E-state index in [4.69, 9.17) is 4.74 Å². The highest BCUT2D eigenvalue weighted by molar-refractivity contribution is 7.10. The van der Waals surface area contributed by atoms with Gasteiger partial charge in [0.2, 0.25) is 5.91 Å². The molecular formula is C21H16N2O3S. The molecule has 134 valence electrons. The summed E-state index contributed by atoms with van der Waals surface area (Å²) >= 11 is 1.55. The van der Waals surface area contributed by atoms with E-state index in [1.54, 1.807) is 35.6 Å². The number of hydrogen-bond acceptors (Lipinski definition) is 4. The number of anilines is 2. The van der Waals surface area contributed by atoms with Gasteiger partial charge in [0, 0.05) is 16.6 Å². The first-order valence-electron chi connectivity index (χ1n) is 8.35. The van der Waals surface area contributed by atoms with E-state index < -0.39 is 0 Å². The van der Waals surface area contributed by atoms with Crippen molar-refractivity contribution in [2.75, 3.05) is 10.6 Å². The Bertz CT molecular complexity index is 1060. The fourth-order valence-electron chi connectivity index (χ4n) is 2.74. The lowest BCUT2D eigenvalue weighted by Crippen LogP contribution is -2.12. The van der Waals surface area contributed by atoms with E-state index >= 15 is 0 Å². The minimum absolute atomic E-state index is 0.266. The van der Waals surface area contributed by atoms with Crippen molar-refractivity contribution in [2.45, 2.75) is 6.92 Å². The smallest absolute Gasteiger partial charge is 0.259 e. The second kappa shape index (κ2) is 7.09. The van der Waals surface area contributed by atoms with Crippen molar-refractivity contribution in [3.8, 4) is 11.5 Å². The zero-order valence-electron chi connectivity index (χ0n) is 14.5. The lowest BCUT2D eigenvalue weighted by Gasteiger charge is -2.09. The van der Waals surface area contributed by atoms with Crippen LogP contribution in [0.25, 0.3) is 6.08 Å². The molecule has 0 saturated heterocycles. The number of hydrogen-bond donors (Lipinski definition) is 2. The molecule has 0 unspecified atom stereocenters. The molecule has 6 heteroatoms. The molecule has 27 heavy (non-hydrogen) atoms. The molecule has 0 bridgehead atoms. The van der Waals surface area contributed by atoms with Crippen LogP contribution in [0, 0.1) is 6.92 Å². The average Bonchev–Trinajstić information content (AvgIpc) is 3.12. The van der Waals surface area contributed by atoms with Crippen LogP contribution < -0.4 is 15.4 Å². The summed E-state index contributed by atoms with van der Waals surface area (Å²) in [5, 5.41) is 7.57. The number of ether oxygens (including phenoxy) is 1. The van der Waals surface area contributed by atoms with Crippen molar-refractivity contribution >= 4 is 40.6 Å². The van der Waals surface area contributed by atoms with Crippen LogP contribution in [-0.4, -0.2) is 11.8 Å². The van der Waals surface area contributed by atoms with Crippen LogP contribution in [0.15, 0.2) is 60.0 Å². The van der Waals surface area contributed by atoms with Crippen LogP contribution in [-0.2, 0) is 4.79 Å². The summed E-state index contributed by atoms with van der Waals surface area (Å²) in [5.74, 6) is 0.488. The van der Waals surface area contributed by atoms with Gasteiger partial charge in [0.15, 0.2) is 5.75 Å². The summed E-state index contributed by atoms with van der Waals surface area (Å²) < 4.78 is 5.88. The number of amides is 2. The third kappa shape index (κ3) is 3.75. The highest BCUT2D eigenvalue weighted by atomic mass is 32.1. The van der Waals surface area contributed by atoms with Crippen molar-refractivity contribution in [3.63, 3.8) is 0 Å². The highest BCUT2D eigenvalue weighted by Gasteiger charge is 2.21. The molecule has 1 aliphatic heterocycles. The van der Waals surface area contributed by atoms with Gasteiger partial charge in [-0.25, -0.2) is 0 Å². The van der Waals surface area contributed by atoms with Gasteiger partial charge in [0.05, 0.1) is 11.3 Å². The Kier molecular flexibility index (Phi) is 4.48. The van der Waals surface area contributed by atoms with E-state index in [-0.39, 0.29) is 11.8 Å². The van der Waals surface area contributed by atoms with Crippen molar-refractivity contribution in [3.05, 3.63) is 76.0 Å². The van der Waals surface area contributed by atoms with Gasteiger partial charge in [0.1, 0.15) is 5.75 Å². The van der Waals surface area contributed by atoms with Gasteiger partial charge in [-0.05, 0) is 60.3 Å². The average molecular weight is 376 g/mol. The number of rotatable bonds is 3. The van der Waals surface area contributed by atoms with Crippen LogP contribution in [0.5, 0.6) is 11.5 Å². The molecule has 2 amide bonds. The molecule has 0 atom stereocenters. The quantitative estimate of drug-likeness (QED) is 0.628. The van der Waals surface area contributed by atoms with Crippen LogP contribution >= 0.6 is 11.3 Å². The third-order valence-corrected chi connectivity index (χ3v) is 4.87. The minimum Gasteiger partial charge on any atom is -0.454 e. The molecule has 2 heterocycles. The van der Waals surface area contributed by atoms with Gasteiger partial charge in [0.25, 0.3) is 5.91 Å². The Morgan fingerprint density at radius 2 is 2.00 bits per heavy atom. The number of nitrogens with one attached hydrogen (secondary N) is 2. The molecule has 0 spiro atoms. The molecule has 2 aromatic carbocycles. The summed E-state index contributed by atoms with van der Waals surface area (Å²) in [7, 11) is 0. The Labute approximate surface area is 160 Å². The van der Waals surface area contributed by atoms with Crippen LogP contribution in [0.1, 0.15) is 20.8 Å². The predicted molar refractivity (Wildman–Crippen MR) is 108 cm³/mol. The Balaban J connectivity index is 1.55. The monoisotopic (exact) mass is 376 g/mol. The first kappa shape index (κ1) is 17.1. The Morgan fingerprint density at radius 1 is 1.15 bits per heavy atom. The van der Waals surface area contributed by atoms with Gasteiger partial charge in [-0.2, -0.15) is 0 Å². The number of carbonyl (C=O) groups is 2. The maximum absolute atomic E-state index is 12.6. The van der Waals surface area contributed by atoms with Gasteiger partial charge in [-0.3, -0.25) is 9.59 Å². The SMILES string of the molecule is Cc1ccc2c(c1)NC(=O)c1cc(NC(=O)/C=C/c3cccs3)ccc1O2. The minimum atomic E-state index is -0.278. The fraction of sp³-hybridized carbons (Fsp3) is 0.0476. The van der Waals surface area contributed by atoms with E-state index in [0.29, 0.717) is 28.4 Å². The van der Waals surface area contributed by atoms with Gasteiger partial charge < -0.3 is 15.4 Å². The molecule has 1 aromatic heterocycles. The molecule has 3 aromatic rings. The molecule has 0 saturated carbocycles. The zero-order valence-corrected chi connectivity index (χ0v) is 15.3. The summed E-state index contributed by atoms with van der Waals surface area (Å²) in [4.78, 5) is 25.7. The van der Waals surface area contributed by atoms with E-state index in [2.05, 4.69) is 10.6 Å². The Morgan fingerprint density at radius 3 is 2.81 bits per heavy atom. The van der Waals surface area contributed by atoms with Gasteiger partial charge >= 0.3 is 0 Å². The van der Waals surface area contributed by atoms with Gasteiger partial charge in [-0.15, -0.1) is 11.3 Å². The molecule has 0 aliphatic carbocycles. The fourth-order valence-corrected chi connectivity index (χ4v) is 3.36. The predicted octanol–water partition coefficient (Wildman–Crippen LogP) is 5.07. The standard InChI is InChI=1S/C21H16N2O3S/c1-13-4-7-19-17(11-13)23-21(25)16-12-14(5-8-18(16)26-19)22-20(24)9-6-15-3-2-10-27-15/h2-12H,1H3,(H,22,24)(H,23,25)/b9-6+. The molecule has 1 aliphatic rings. The van der Waals surface area contributed by atoms with E-state index in [1.807, 2.05) is 42.6 Å². The van der Waals surface area contributed by atoms with Gasteiger partial charge in [-0.1, -0.05) is 12.1 Å². The van der Waals surface area contributed by atoms with Crippen LogP contribution in [0.3, 0.4) is 0 Å². The number of carbonyl (C=O) groups excluding carboxylic acids is 2. The normalized spacial score (nSPS) is 12.6. The first-order valence-corrected chi connectivity index (χ1v) is 9.23. The second-order valence-corrected chi connectivity index (χ2v) is 7.08. The lowest BCUT2D eigenvalue weighted by molar-refractivity contribution is -0.111. The largest absolute Gasteiger partial charge is 0.454 e. The number of aryl methyl sites for hydroxylation is 1. The number of benzene rings is 2. The first-order chi connectivity index (χ1) is 13.1. The maximum Gasteiger partial charge on any atom is 0.259 e. The number of fused-ring (bicyclic) bond motifs is 2. The zero-order chi connectivity index (χ0) is 18.8. The highest BCUT2D eigenvalue weighted by Crippen LogP contribution is 2.37. The maximum atomic E-state index is 12.6. The van der Waals surface area contributed by atoms with Crippen LogP contribution in [0.4, 0.5) is 11.4 Å². The molecule has 5 nitrogen and oxygen atoms in total. The number of thiophene rings is 1. The topological polar surface area (TPSA) is 67.4 Å². The summed E-state index contributed by atoms with van der Waals surface area (Å²) in [6.45, 7) is 1.95. The molecule has 0 radical (unpaired) electrons. The molecule has 4 rings (SSSR count). The molecule has 0 fully saturated rings. The van der Waals surface area contributed by atoms with Crippen molar-refractivity contribution in [2.24, 2.45) is 0 Å². The van der Waals surface area contributed by atoms with E-state index in [9.17, 15) is 9.59 Å². The van der Waals surface area contributed by atoms with Crippen molar-refractivity contribution in [1.82, 2.24) is 0 Å². The summed E-state index contributed by atoms with van der Waals surface area (Å²) in [5.41, 5.74) is 2.54. The van der Waals surface area contributed by atoms with Crippen molar-refractivity contribution < 1.29 is 14.3 Å². The van der Waals surface area contributed by atoms with Crippen LogP contribution in [0.2, 0.25) is 0 Å². The lowest BCUT2D eigenvalue weighted by atomic mass is 10.1. The Hall–Kier alpha value is -3.38. The summed E-state index contributed by atoms with van der Waals surface area (Å²) in [6.07, 6.45) is 3.21.